The number of esters is 1. The maximum absolute atomic E-state index is 12.0. The fraction of sp³-hybridized carbons (Fsp3) is 0.917. The van der Waals surface area contributed by atoms with E-state index in [0.717, 1.165) is 0 Å². The summed E-state index contributed by atoms with van der Waals surface area (Å²) in [6.07, 6.45) is 0. The Bertz CT molecular complexity index is 221. The predicted octanol–water partition coefficient (Wildman–Crippen LogP) is 2.06. The molecule has 1 atom stereocenters. The highest BCUT2D eigenvalue weighted by Crippen LogP contribution is 2.18. The van der Waals surface area contributed by atoms with E-state index in [9.17, 15) is 4.79 Å². The zero-order valence-corrected chi connectivity index (χ0v) is 11.4. The van der Waals surface area contributed by atoms with E-state index in [1.54, 1.807) is 0 Å². The maximum Gasteiger partial charge on any atom is 0.365 e. The molecular weight excluding hydrogens is 190 g/mol. The van der Waals surface area contributed by atoms with Gasteiger partial charge in [0.15, 0.2) is 6.04 Å². The van der Waals surface area contributed by atoms with Crippen molar-refractivity contribution in [3.63, 3.8) is 0 Å². The number of ether oxygens (including phenoxy) is 1. The summed E-state index contributed by atoms with van der Waals surface area (Å²) in [5, 5.41) is 0. The van der Waals surface area contributed by atoms with Gasteiger partial charge in [-0.1, -0.05) is 13.8 Å². The molecule has 0 bridgehead atoms. The molecule has 0 aromatic carbocycles. The van der Waals surface area contributed by atoms with Crippen LogP contribution in [0.15, 0.2) is 0 Å². The van der Waals surface area contributed by atoms with E-state index >= 15 is 0 Å². The van der Waals surface area contributed by atoms with E-state index in [4.69, 9.17) is 4.74 Å². The minimum Gasteiger partial charge on any atom is -0.456 e. The second-order valence-corrected chi connectivity index (χ2v) is 6.34. The third-order valence-electron chi connectivity index (χ3n) is 2.11. The van der Waals surface area contributed by atoms with Gasteiger partial charge in [0.1, 0.15) is 5.60 Å². The van der Waals surface area contributed by atoms with Gasteiger partial charge in [0, 0.05) is 5.92 Å². The zero-order valence-electron chi connectivity index (χ0n) is 11.4. The van der Waals surface area contributed by atoms with Crippen LogP contribution in [-0.2, 0) is 9.53 Å². The number of hydrogen-bond donors (Lipinski definition) is 0. The summed E-state index contributed by atoms with van der Waals surface area (Å²) >= 11 is 0. The van der Waals surface area contributed by atoms with Crippen molar-refractivity contribution in [2.45, 2.75) is 46.3 Å². The van der Waals surface area contributed by atoms with Gasteiger partial charge in [0.2, 0.25) is 0 Å². The zero-order chi connectivity index (χ0) is 12.4. The highest BCUT2D eigenvalue weighted by Gasteiger charge is 2.37. The monoisotopic (exact) mass is 216 g/mol. The van der Waals surface area contributed by atoms with Crippen molar-refractivity contribution in [1.82, 2.24) is 0 Å². The smallest absolute Gasteiger partial charge is 0.365 e. The Balaban J connectivity index is 4.74. The van der Waals surface area contributed by atoms with Crippen LogP contribution in [0.25, 0.3) is 0 Å². The molecule has 3 nitrogen and oxygen atoms in total. The molecule has 0 aliphatic heterocycles. The van der Waals surface area contributed by atoms with Crippen LogP contribution in [0.4, 0.5) is 0 Å². The van der Waals surface area contributed by atoms with E-state index in [2.05, 4.69) is 13.8 Å². The van der Waals surface area contributed by atoms with Crippen molar-refractivity contribution >= 4 is 5.97 Å². The molecular formula is C12H26NO2+. The third kappa shape index (κ3) is 5.17. The first-order valence-electron chi connectivity index (χ1n) is 5.49. The van der Waals surface area contributed by atoms with Crippen LogP contribution in [0, 0.1) is 5.92 Å². The van der Waals surface area contributed by atoms with Crippen molar-refractivity contribution in [3.05, 3.63) is 0 Å². The molecule has 0 radical (unpaired) electrons. The summed E-state index contributed by atoms with van der Waals surface area (Å²) in [6, 6.07) is -0.107. The van der Waals surface area contributed by atoms with Crippen molar-refractivity contribution in [2.24, 2.45) is 5.92 Å². The minimum absolute atomic E-state index is 0.106. The molecule has 0 saturated heterocycles. The Labute approximate surface area is 94.0 Å². The molecule has 0 saturated carbocycles. The summed E-state index contributed by atoms with van der Waals surface area (Å²) in [7, 11) is 6.07. The summed E-state index contributed by atoms with van der Waals surface area (Å²) in [5.41, 5.74) is -0.403. The van der Waals surface area contributed by atoms with Gasteiger partial charge in [-0.3, -0.25) is 0 Å². The van der Waals surface area contributed by atoms with Crippen LogP contribution in [0.2, 0.25) is 0 Å². The molecule has 3 heteroatoms. The van der Waals surface area contributed by atoms with Crippen molar-refractivity contribution in [1.29, 1.82) is 0 Å². The van der Waals surface area contributed by atoms with E-state index in [1.165, 1.54) is 0 Å². The van der Waals surface area contributed by atoms with Crippen LogP contribution in [-0.4, -0.2) is 43.2 Å². The van der Waals surface area contributed by atoms with Crippen LogP contribution in [0.1, 0.15) is 34.6 Å². The molecule has 0 aliphatic rings. The van der Waals surface area contributed by atoms with E-state index in [-0.39, 0.29) is 17.9 Å². The van der Waals surface area contributed by atoms with Crippen LogP contribution in [0.3, 0.4) is 0 Å². The lowest BCUT2D eigenvalue weighted by atomic mass is 10.0. The quantitative estimate of drug-likeness (QED) is 0.533. The third-order valence-corrected chi connectivity index (χ3v) is 2.11. The van der Waals surface area contributed by atoms with Gasteiger partial charge in [-0.25, -0.2) is 4.79 Å². The van der Waals surface area contributed by atoms with Crippen LogP contribution < -0.4 is 0 Å². The molecule has 0 N–H and O–H groups in total. The van der Waals surface area contributed by atoms with E-state index < -0.39 is 5.60 Å². The molecule has 0 aliphatic carbocycles. The van der Waals surface area contributed by atoms with E-state index in [0.29, 0.717) is 4.48 Å². The lowest BCUT2D eigenvalue weighted by molar-refractivity contribution is -0.890. The second kappa shape index (κ2) is 4.52. The molecule has 0 fully saturated rings. The Morgan fingerprint density at radius 3 is 1.73 bits per heavy atom. The highest BCUT2D eigenvalue weighted by molar-refractivity contribution is 5.75. The van der Waals surface area contributed by atoms with Gasteiger partial charge < -0.3 is 9.22 Å². The Hall–Kier alpha value is -0.570. The largest absolute Gasteiger partial charge is 0.456 e. The van der Waals surface area contributed by atoms with Gasteiger partial charge in [-0.2, -0.15) is 0 Å². The normalized spacial score (nSPS) is 15.3. The molecule has 0 rings (SSSR count). The first-order valence-corrected chi connectivity index (χ1v) is 5.49. The summed E-state index contributed by atoms with van der Waals surface area (Å²) in [5.74, 6) is 0.171. The van der Waals surface area contributed by atoms with Crippen molar-refractivity contribution in [2.75, 3.05) is 21.1 Å². The molecule has 0 amide bonds. The number of hydrogen-bond acceptors (Lipinski definition) is 2. The van der Waals surface area contributed by atoms with Crippen molar-refractivity contribution in [3.8, 4) is 0 Å². The predicted molar refractivity (Wildman–Crippen MR) is 62.5 cm³/mol. The second-order valence-electron chi connectivity index (χ2n) is 6.34. The van der Waals surface area contributed by atoms with E-state index in [1.807, 2.05) is 41.9 Å². The number of carbonyl (C=O) groups excluding carboxylic acids is 1. The molecule has 0 heterocycles. The molecule has 0 aromatic heterocycles. The average molecular weight is 216 g/mol. The first kappa shape index (κ1) is 14.4. The van der Waals surface area contributed by atoms with Gasteiger partial charge in [-0.05, 0) is 20.8 Å². The molecule has 0 aromatic rings. The Morgan fingerprint density at radius 1 is 1.13 bits per heavy atom. The minimum atomic E-state index is -0.403. The molecule has 90 valence electrons. The fourth-order valence-corrected chi connectivity index (χ4v) is 1.84. The number of likely N-dealkylation sites (N-methyl/N-ethyl adjacent to an activating group) is 1. The van der Waals surface area contributed by atoms with Gasteiger partial charge in [-0.15, -0.1) is 0 Å². The van der Waals surface area contributed by atoms with Gasteiger partial charge in [0.05, 0.1) is 21.1 Å². The van der Waals surface area contributed by atoms with Crippen LogP contribution >= 0.6 is 0 Å². The summed E-state index contributed by atoms with van der Waals surface area (Å²) in [6.45, 7) is 9.81. The fourth-order valence-electron chi connectivity index (χ4n) is 1.84. The standard InChI is InChI=1S/C12H26NO2/c1-9(2)10(13(6,7)8)11(14)15-12(3,4)5/h9-10H,1-8H3/q+1/t10-/m0/s1. The lowest BCUT2D eigenvalue weighted by Crippen LogP contribution is -2.54. The number of carbonyl (C=O) groups is 1. The van der Waals surface area contributed by atoms with Gasteiger partial charge >= 0.3 is 5.97 Å². The maximum atomic E-state index is 12.0. The van der Waals surface area contributed by atoms with Gasteiger partial charge in [0.25, 0.3) is 0 Å². The molecule has 0 spiro atoms. The Morgan fingerprint density at radius 2 is 1.53 bits per heavy atom. The molecule has 15 heavy (non-hydrogen) atoms. The first-order chi connectivity index (χ1) is 6.45. The molecule has 0 unspecified atom stereocenters. The summed E-state index contributed by atoms with van der Waals surface area (Å²) in [4.78, 5) is 12.0. The number of quaternary nitrogens is 1. The topological polar surface area (TPSA) is 26.3 Å². The Kier molecular flexibility index (Phi) is 4.35. The van der Waals surface area contributed by atoms with Crippen molar-refractivity contribution < 1.29 is 14.0 Å². The average Bonchev–Trinajstić information content (AvgIpc) is 1.74. The number of nitrogens with zero attached hydrogens (tertiary/aromatic N) is 1. The summed E-state index contributed by atoms with van der Waals surface area (Å²) < 4.78 is 6.04. The highest BCUT2D eigenvalue weighted by atomic mass is 16.6. The lowest BCUT2D eigenvalue weighted by Gasteiger charge is -2.36. The SMILES string of the molecule is CC(C)[C@@H](C(=O)OC(C)(C)C)[N+](C)(C)C. The number of rotatable bonds is 3. The van der Waals surface area contributed by atoms with Crippen LogP contribution in [0.5, 0.6) is 0 Å².